The van der Waals surface area contributed by atoms with Crippen molar-refractivity contribution in [3.8, 4) is 0 Å². The van der Waals surface area contributed by atoms with Gasteiger partial charge in [-0.25, -0.2) is 0 Å². The predicted molar refractivity (Wildman–Crippen MR) is 55.0 cm³/mol. The van der Waals surface area contributed by atoms with Crippen molar-refractivity contribution in [2.45, 2.75) is 51.9 Å². The molecule has 2 aliphatic rings. The first-order valence-electron chi connectivity index (χ1n) is 5.88. The molecule has 0 aliphatic heterocycles. The van der Waals surface area contributed by atoms with Gasteiger partial charge in [-0.1, -0.05) is 26.2 Å². The third-order valence-electron chi connectivity index (χ3n) is 4.47. The lowest BCUT2D eigenvalue weighted by Gasteiger charge is -2.46. The molecule has 1 N–H and O–H groups in total. The predicted octanol–water partition coefficient (Wildman–Crippen LogP) is 3.07. The zero-order valence-corrected chi connectivity index (χ0v) is 8.96. The molecule has 14 heavy (non-hydrogen) atoms. The molecule has 2 aliphatic carbocycles. The average molecular weight is 196 g/mol. The molecule has 0 spiro atoms. The minimum atomic E-state index is -0.525. The van der Waals surface area contributed by atoms with E-state index in [9.17, 15) is 9.90 Å². The maximum atomic E-state index is 11.3. The molecule has 2 saturated carbocycles. The zero-order chi connectivity index (χ0) is 10.2. The van der Waals surface area contributed by atoms with E-state index in [4.69, 9.17) is 0 Å². The Labute approximate surface area is 85.7 Å². The van der Waals surface area contributed by atoms with Crippen LogP contribution in [0.3, 0.4) is 0 Å². The second-order valence-electron chi connectivity index (χ2n) is 5.27. The topological polar surface area (TPSA) is 37.3 Å². The Balaban J connectivity index is 2.02. The maximum absolute atomic E-state index is 11.3. The van der Waals surface area contributed by atoms with Crippen LogP contribution in [0.25, 0.3) is 0 Å². The van der Waals surface area contributed by atoms with Gasteiger partial charge in [-0.05, 0) is 37.5 Å². The van der Waals surface area contributed by atoms with E-state index in [0.717, 1.165) is 38.0 Å². The molecule has 2 fully saturated rings. The highest BCUT2D eigenvalue weighted by Gasteiger charge is 2.50. The summed E-state index contributed by atoms with van der Waals surface area (Å²) < 4.78 is 0. The smallest absolute Gasteiger partial charge is 0.309 e. The van der Waals surface area contributed by atoms with E-state index in [1.54, 1.807) is 0 Å². The summed E-state index contributed by atoms with van der Waals surface area (Å²) in [5.41, 5.74) is -0.305. The van der Waals surface area contributed by atoms with Gasteiger partial charge in [0, 0.05) is 0 Å². The van der Waals surface area contributed by atoms with Crippen LogP contribution >= 0.6 is 0 Å². The summed E-state index contributed by atoms with van der Waals surface area (Å²) in [4.78, 5) is 11.3. The van der Waals surface area contributed by atoms with Gasteiger partial charge in [0.15, 0.2) is 0 Å². The van der Waals surface area contributed by atoms with Gasteiger partial charge in [0.1, 0.15) is 0 Å². The van der Waals surface area contributed by atoms with Crippen LogP contribution in [0.1, 0.15) is 51.9 Å². The third kappa shape index (κ3) is 1.45. The molecule has 2 heteroatoms. The lowest BCUT2D eigenvalue weighted by atomic mass is 9.57. The van der Waals surface area contributed by atoms with Crippen molar-refractivity contribution in [3.05, 3.63) is 0 Å². The van der Waals surface area contributed by atoms with Crippen molar-refractivity contribution in [2.75, 3.05) is 0 Å². The molecule has 0 bridgehead atoms. The summed E-state index contributed by atoms with van der Waals surface area (Å²) in [6, 6.07) is 0. The van der Waals surface area contributed by atoms with Gasteiger partial charge in [-0.15, -0.1) is 0 Å². The van der Waals surface area contributed by atoms with E-state index in [-0.39, 0.29) is 5.41 Å². The van der Waals surface area contributed by atoms with Crippen LogP contribution < -0.4 is 0 Å². The number of carbonyl (C=O) groups is 1. The fraction of sp³-hybridized carbons (Fsp3) is 0.917. The van der Waals surface area contributed by atoms with Crippen molar-refractivity contribution >= 4 is 5.97 Å². The summed E-state index contributed by atoms with van der Waals surface area (Å²) in [7, 11) is 0. The van der Waals surface area contributed by atoms with Gasteiger partial charge in [0.25, 0.3) is 0 Å². The van der Waals surface area contributed by atoms with Crippen LogP contribution in [0.4, 0.5) is 0 Å². The molecule has 80 valence electrons. The molecule has 2 nitrogen and oxygen atoms in total. The molecular formula is C12H20O2. The van der Waals surface area contributed by atoms with Crippen molar-refractivity contribution in [3.63, 3.8) is 0 Å². The minimum Gasteiger partial charge on any atom is -0.481 e. The van der Waals surface area contributed by atoms with Gasteiger partial charge >= 0.3 is 5.97 Å². The van der Waals surface area contributed by atoms with E-state index < -0.39 is 5.97 Å². The normalized spacial score (nSPS) is 36.1. The van der Waals surface area contributed by atoms with E-state index in [0.29, 0.717) is 5.92 Å². The second kappa shape index (κ2) is 3.56. The molecular weight excluding hydrogens is 176 g/mol. The molecule has 0 aromatic carbocycles. The fourth-order valence-electron chi connectivity index (χ4n) is 3.17. The Bertz CT molecular complexity index is 222. The van der Waals surface area contributed by atoms with Crippen LogP contribution in [0.5, 0.6) is 0 Å². The molecule has 0 aromatic heterocycles. The standard InChI is InChI=1S/C12H20O2/c1-9-3-5-10(6-4-9)12(11(13)14)7-2-8-12/h9-10H,2-8H2,1H3,(H,13,14). The molecule has 0 heterocycles. The van der Waals surface area contributed by atoms with Crippen LogP contribution in [0.2, 0.25) is 0 Å². The number of rotatable bonds is 2. The number of carboxylic acid groups (broad SMARTS) is 1. The SMILES string of the molecule is CC1CCC(C2(C(=O)O)CCC2)CC1. The summed E-state index contributed by atoms with van der Waals surface area (Å²) in [5, 5.41) is 9.30. The molecule has 0 amide bonds. The van der Waals surface area contributed by atoms with Crippen LogP contribution in [0, 0.1) is 17.3 Å². The first-order chi connectivity index (χ1) is 6.65. The summed E-state index contributed by atoms with van der Waals surface area (Å²) >= 11 is 0. The molecule has 0 aromatic rings. The van der Waals surface area contributed by atoms with Crippen LogP contribution in [-0.4, -0.2) is 11.1 Å². The van der Waals surface area contributed by atoms with Gasteiger partial charge in [0.2, 0.25) is 0 Å². The van der Waals surface area contributed by atoms with Gasteiger partial charge in [0.05, 0.1) is 5.41 Å². The highest BCUT2D eigenvalue weighted by atomic mass is 16.4. The Morgan fingerprint density at radius 1 is 1.21 bits per heavy atom. The number of hydrogen-bond acceptors (Lipinski definition) is 1. The van der Waals surface area contributed by atoms with Crippen LogP contribution in [0.15, 0.2) is 0 Å². The first-order valence-corrected chi connectivity index (χ1v) is 5.88. The van der Waals surface area contributed by atoms with E-state index in [2.05, 4.69) is 6.92 Å². The lowest BCUT2D eigenvalue weighted by Crippen LogP contribution is -2.45. The van der Waals surface area contributed by atoms with Crippen LogP contribution in [-0.2, 0) is 4.79 Å². The lowest BCUT2D eigenvalue weighted by molar-refractivity contribution is -0.161. The molecule has 0 unspecified atom stereocenters. The van der Waals surface area contributed by atoms with Gasteiger partial charge in [-0.2, -0.15) is 0 Å². The summed E-state index contributed by atoms with van der Waals surface area (Å²) in [5.74, 6) is 0.769. The molecule has 0 saturated heterocycles. The van der Waals surface area contributed by atoms with Crippen molar-refractivity contribution in [2.24, 2.45) is 17.3 Å². The van der Waals surface area contributed by atoms with E-state index >= 15 is 0 Å². The molecule has 2 rings (SSSR count). The second-order valence-corrected chi connectivity index (χ2v) is 5.27. The van der Waals surface area contributed by atoms with Crippen molar-refractivity contribution < 1.29 is 9.90 Å². The minimum absolute atomic E-state index is 0.305. The Kier molecular flexibility index (Phi) is 2.54. The maximum Gasteiger partial charge on any atom is 0.309 e. The third-order valence-corrected chi connectivity index (χ3v) is 4.47. The molecule has 0 radical (unpaired) electrons. The van der Waals surface area contributed by atoms with Crippen molar-refractivity contribution in [1.82, 2.24) is 0 Å². The quantitative estimate of drug-likeness (QED) is 0.737. The molecule has 0 atom stereocenters. The zero-order valence-electron chi connectivity index (χ0n) is 8.96. The summed E-state index contributed by atoms with van der Waals surface area (Å²) in [6.45, 7) is 2.28. The highest BCUT2D eigenvalue weighted by Crippen LogP contribution is 2.52. The van der Waals surface area contributed by atoms with Gasteiger partial charge in [-0.3, -0.25) is 4.79 Å². The van der Waals surface area contributed by atoms with E-state index in [1.807, 2.05) is 0 Å². The summed E-state index contributed by atoms with van der Waals surface area (Å²) in [6.07, 6.45) is 7.75. The highest BCUT2D eigenvalue weighted by molar-refractivity contribution is 5.76. The van der Waals surface area contributed by atoms with Gasteiger partial charge < -0.3 is 5.11 Å². The van der Waals surface area contributed by atoms with Crippen molar-refractivity contribution in [1.29, 1.82) is 0 Å². The first kappa shape index (κ1) is 10.0. The number of aliphatic carboxylic acids is 1. The Hall–Kier alpha value is -0.530. The number of hydrogen-bond donors (Lipinski definition) is 1. The number of carboxylic acids is 1. The monoisotopic (exact) mass is 196 g/mol. The average Bonchev–Trinajstić information content (AvgIpc) is 2.05. The Morgan fingerprint density at radius 2 is 1.79 bits per heavy atom. The largest absolute Gasteiger partial charge is 0.481 e. The fourth-order valence-corrected chi connectivity index (χ4v) is 3.17. The van der Waals surface area contributed by atoms with E-state index in [1.165, 1.54) is 12.8 Å². The Morgan fingerprint density at radius 3 is 2.14 bits per heavy atom.